The van der Waals surface area contributed by atoms with Gasteiger partial charge in [-0.3, -0.25) is 9.59 Å². The summed E-state index contributed by atoms with van der Waals surface area (Å²) in [5.74, 6) is -2.13. The molecule has 1 saturated heterocycles. The molecule has 136 valence electrons. The lowest BCUT2D eigenvalue weighted by atomic mass is 9.72. The number of aliphatic hydroxyl groups excluding tert-OH is 2. The number of ether oxygens (including phenoxy) is 1. The van der Waals surface area contributed by atoms with Crippen LogP contribution in [-0.2, 0) is 4.74 Å². The van der Waals surface area contributed by atoms with E-state index in [4.69, 9.17) is 4.74 Å². The van der Waals surface area contributed by atoms with Crippen LogP contribution in [0, 0.1) is 0 Å². The molecule has 2 aromatic carbocycles. The quantitative estimate of drug-likeness (QED) is 0.551. The van der Waals surface area contributed by atoms with E-state index in [1.165, 1.54) is 48.5 Å². The highest BCUT2D eigenvalue weighted by Gasteiger charge is 2.73. The Hall–Kier alpha value is -2.42. The summed E-state index contributed by atoms with van der Waals surface area (Å²) in [6.07, 6.45) is -3.90. The number of ketones is 2. The van der Waals surface area contributed by atoms with E-state index < -0.39 is 41.8 Å². The topological polar surface area (TPSA) is 124 Å². The minimum atomic E-state index is -2.99. The van der Waals surface area contributed by atoms with Crippen molar-refractivity contribution in [1.29, 1.82) is 0 Å². The van der Waals surface area contributed by atoms with Crippen LogP contribution in [0.4, 0.5) is 0 Å². The van der Waals surface area contributed by atoms with Crippen molar-refractivity contribution in [3.8, 4) is 0 Å². The summed E-state index contributed by atoms with van der Waals surface area (Å²) in [4.78, 5) is 25.9. The van der Waals surface area contributed by atoms with Gasteiger partial charge in [-0.1, -0.05) is 60.7 Å². The fourth-order valence-corrected chi connectivity index (χ4v) is 3.19. The van der Waals surface area contributed by atoms with Gasteiger partial charge in [-0.15, -0.1) is 0 Å². The van der Waals surface area contributed by atoms with Crippen molar-refractivity contribution in [2.45, 2.75) is 23.6 Å². The van der Waals surface area contributed by atoms with Gasteiger partial charge < -0.3 is 25.2 Å². The molecule has 0 saturated carbocycles. The van der Waals surface area contributed by atoms with Crippen molar-refractivity contribution in [2.24, 2.45) is 0 Å². The third-order valence-electron chi connectivity index (χ3n) is 4.63. The molecule has 26 heavy (non-hydrogen) atoms. The lowest BCUT2D eigenvalue weighted by Gasteiger charge is -2.37. The number of rotatable bonds is 5. The predicted molar refractivity (Wildman–Crippen MR) is 89.4 cm³/mol. The zero-order valence-electron chi connectivity index (χ0n) is 13.6. The van der Waals surface area contributed by atoms with Crippen LogP contribution >= 0.6 is 0 Å². The molecular weight excluding hydrogens is 340 g/mol. The first-order valence-electron chi connectivity index (χ1n) is 7.96. The zero-order valence-corrected chi connectivity index (χ0v) is 13.6. The Kier molecular flexibility index (Phi) is 4.74. The molecule has 0 unspecified atom stereocenters. The first-order valence-corrected chi connectivity index (χ1v) is 7.96. The third-order valence-corrected chi connectivity index (χ3v) is 4.63. The van der Waals surface area contributed by atoms with Gasteiger partial charge in [-0.05, 0) is 0 Å². The first-order chi connectivity index (χ1) is 12.4. The molecule has 2 aromatic rings. The van der Waals surface area contributed by atoms with Crippen LogP contribution in [-0.4, -0.2) is 62.2 Å². The highest BCUT2D eigenvalue weighted by Crippen LogP contribution is 2.43. The van der Waals surface area contributed by atoms with Gasteiger partial charge in [0.25, 0.3) is 0 Å². The Morgan fingerprint density at radius 2 is 1.27 bits per heavy atom. The van der Waals surface area contributed by atoms with Crippen LogP contribution in [0.3, 0.4) is 0 Å². The van der Waals surface area contributed by atoms with Crippen LogP contribution in [0.5, 0.6) is 0 Å². The van der Waals surface area contributed by atoms with Crippen molar-refractivity contribution in [3.63, 3.8) is 0 Å². The summed E-state index contributed by atoms with van der Waals surface area (Å²) >= 11 is 0. The predicted octanol–water partition coefficient (Wildman–Crippen LogP) is -0.0761. The summed E-state index contributed by atoms with van der Waals surface area (Å²) in [5, 5.41) is 41.9. The largest absolute Gasteiger partial charge is 0.394 e. The average molecular weight is 358 g/mol. The van der Waals surface area contributed by atoms with E-state index in [0.717, 1.165) is 0 Å². The number of hydrogen-bond acceptors (Lipinski definition) is 7. The van der Waals surface area contributed by atoms with Crippen molar-refractivity contribution >= 4 is 11.6 Å². The van der Waals surface area contributed by atoms with E-state index in [1.54, 1.807) is 12.1 Å². The Bertz CT molecular complexity index is 807. The fraction of sp³-hybridized carbons (Fsp3) is 0.263. The maximum Gasteiger partial charge on any atom is 0.217 e. The number of hydrogen-bond donors (Lipinski definition) is 4. The lowest BCUT2D eigenvalue weighted by molar-refractivity contribution is -0.161. The van der Waals surface area contributed by atoms with E-state index >= 15 is 0 Å². The van der Waals surface area contributed by atoms with Crippen LogP contribution in [0.15, 0.2) is 60.7 Å². The highest BCUT2D eigenvalue weighted by molar-refractivity contribution is 6.13. The molecule has 4 atom stereocenters. The maximum absolute atomic E-state index is 13.0. The number of carbonyl (C=O) groups excluding carboxylic acids is 2. The van der Waals surface area contributed by atoms with Gasteiger partial charge in [0.1, 0.15) is 6.10 Å². The smallest absolute Gasteiger partial charge is 0.217 e. The number of carbonyl (C=O) groups is 2. The summed E-state index contributed by atoms with van der Waals surface area (Å²) < 4.78 is 4.99. The molecule has 0 spiro atoms. The monoisotopic (exact) mass is 358 g/mol. The summed E-state index contributed by atoms with van der Waals surface area (Å²) in [5.41, 5.74) is -5.91. The van der Waals surface area contributed by atoms with Crippen molar-refractivity contribution in [1.82, 2.24) is 0 Å². The minimum Gasteiger partial charge on any atom is -0.394 e. The zero-order chi connectivity index (χ0) is 18.9. The second-order valence-corrected chi connectivity index (χ2v) is 6.08. The van der Waals surface area contributed by atoms with E-state index in [1.807, 2.05) is 0 Å². The standard InChI is InChI=1S/C19H18O7/c20-11-14-18(24,15(21)12-7-3-1-4-8-12)19(25,17(23)26-14)16(22)13-9-5-2-6-10-13/h1-10,14,17,20,23-25H,11H2/t14-,17-,18+,19+/m1/s1. The first kappa shape index (κ1) is 18.4. The van der Waals surface area contributed by atoms with Gasteiger partial charge in [-0.2, -0.15) is 0 Å². The van der Waals surface area contributed by atoms with Crippen LogP contribution < -0.4 is 0 Å². The minimum absolute atomic E-state index is 0.00885. The molecule has 3 rings (SSSR count). The van der Waals surface area contributed by atoms with Gasteiger partial charge in [0.05, 0.1) is 6.61 Å². The second-order valence-electron chi connectivity index (χ2n) is 6.08. The van der Waals surface area contributed by atoms with E-state index in [0.29, 0.717) is 0 Å². The van der Waals surface area contributed by atoms with Gasteiger partial charge in [-0.25, -0.2) is 0 Å². The third kappa shape index (κ3) is 2.49. The Morgan fingerprint density at radius 1 is 0.846 bits per heavy atom. The molecule has 7 heteroatoms. The molecular formula is C19H18O7. The number of benzene rings is 2. The van der Waals surface area contributed by atoms with Crippen LogP contribution in [0.25, 0.3) is 0 Å². The SMILES string of the molecule is O=C(c1ccccc1)[C@@]1(O)[C@@H](CO)O[C@@H](O)[C@@]1(O)C(=O)c1ccccc1. The lowest BCUT2D eigenvalue weighted by Crippen LogP contribution is -2.68. The normalized spacial score (nSPS) is 30.9. The van der Waals surface area contributed by atoms with Gasteiger partial charge in [0, 0.05) is 11.1 Å². The van der Waals surface area contributed by atoms with E-state index in [9.17, 15) is 30.0 Å². The van der Waals surface area contributed by atoms with Crippen LogP contribution in [0.2, 0.25) is 0 Å². The number of Topliss-reactive ketones (excluding diaryl/α,β-unsaturated/α-hetero) is 2. The van der Waals surface area contributed by atoms with Crippen molar-refractivity contribution < 1.29 is 34.8 Å². The summed E-state index contributed by atoms with van der Waals surface area (Å²) in [7, 11) is 0. The van der Waals surface area contributed by atoms with E-state index in [-0.39, 0.29) is 11.1 Å². The van der Waals surface area contributed by atoms with E-state index in [2.05, 4.69) is 0 Å². The Morgan fingerprint density at radius 3 is 1.69 bits per heavy atom. The van der Waals surface area contributed by atoms with Crippen molar-refractivity contribution in [3.05, 3.63) is 71.8 Å². The van der Waals surface area contributed by atoms with Crippen LogP contribution in [0.1, 0.15) is 20.7 Å². The van der Waals surface area contributed by atoms with Gasteiger partial charge in [0.15, 0.2) is 11.9 Å². The molecule has 0 bridgehead atoms. The highest BCUT2D eigenvalue weighted by atomic mass is 16.7. The molecule has 0 aliphatic carbocycles. The van der Waals surface area contributed by atoms with Gasteiger partial charge in [0.2, 0.25) is 17.2 Å². The molecule has 1 aliphatic rings. The average Bonchev–Trinajstić information content (AvgIpc) is 2.90. The second kappa shape index (κ2) is 6.71. The molecule has 4 N–H and O–H groups in total. The van der Waals surface area contributed by atoms with Crippen molar-refractivity contribution in [2.75, 3.05) is 6.61 Å². The molecule has 1 fully saturated rings. The maximum atomic E-state index is 13.0. The summed E-state index contributed by atoms with van der Waals surface area (Å²) in [6, 6.07) is 14.9. The summed E-state index contributed by atoms with van der Waals surface area (Å²) in [6.45, 7) is -0.892. The fourth-order valence-electron chi connectivity index (χ4n) is 3.19. The Balaban J connectivity index is 2.15. The molecule has 1 heterocycles. The molecule has 0 radical (unpaired) electrons. The molecule has 0 amide bonds. The van der Waals surface area contributed by atoms with Gasteiger partial charge >= 0.3 is 0 Å². The Labute approximate surface area is 149 Å². The number of aliphatic hydroxyl groups is 4. The molecule has 1 aliphatic heterocycles. The molecule has 0 aromatic heterocycles. The molecule has 7 nitrogen and oxygen atoms in total.